The minimum Gasteiger partial charge on any atom is -0.482 e. The van der Waals surface area contributed by atoms with Crippen LogP contribution in [-0.4, -0.2) is 31.0 Å². The summed E-state index contributed by atoms with van der Waals surface area (Å²) in [7, 11) is 0. The van der Waals surface area contributed by atoms with Crippen molar-refractivity contribution in [1.29, 1.82) is 0 Å². The van der Waals surface area contributed by atoms with Crippen molar-refractivity contribution in [2.75, 3.05) is 13.2 Å². The fraction of sp³-hybridized carbons (Fsp3) is 0.211. The van der Waals surface area contributed by atoms with E-state index in [1.807, 2.05) is 26.0 Å². The van der Waals surface area contributed by atoms with Crippen molar-refractivity contribution >= 4 is 29.4 Å². The van der Waals surface area contributed by atoms with E-state index in [0.29, 0.717) is 16.3 Å². The number of rotatable bonds is 6. The van der Waals surface area contributed by atoms with E-state index in [0.717, 1.165) is 11.1 Å². The van der Waals surface area contributed by atoms with E-state index in [4.69, 9.17) is 21.1 Å². The lowest BCUT2D eigenvalue weighted by Crippen LogP contribution is -2.43. The Morgan fingerprint density at radius 2 is 1.67 bits per heavy atom. The van der Waals surface area contributed by atoms with Crippen LogP contribution in [0.15, 0.2) is 42.5 Å². The van der Waals surface area contributed by atoms with Crippen molar-refractivity contribution in [2.45, 2.75) is 13.8 Å². The second-order valence-corrected chi connectivity index (χ2v) is 6.09. The molecule has 2 amide bonds. The van der Waals surface area contributed by atoms with E-state index >= 15 is 0 Å². The van der Waals surface area contributed by atoms with Crippen LogP contribution < -0.4 is 15.6 Å². The molecule has 0 aromatic heterocycles. The van der Waals surface area contributed by atoms with Gasteiger partial charge < -0.3 is 9.47 Å². The number of esters is 1. The summed E-state index contributed by atoms with van der Waals surface area (Å²) < 4.78 is 10.2. The van der Waals surface area contributed by atoms with E-state index in [2.05, 4.69) is 10.9 Å². The van der Waals surface area contributed by atoms with E-state index in [9.17, 15) is 14.4 Å². The van der Waals surface area contributed by atoms with Crippen LogP contribution in [0.5, 0.6) is 5.75 Å². The van der Waals surface area contributed by atoms with Gasteiger partial charge in [-0.3, -0.25) is 20.4 Å². The zero-order chi connectivity index (χ0) is 19.8. The molecule has 0 spiro atoms. The predicted molar refractivity (Wildman–Crippen MR) is 99.4 cm³/mol. The van der Waals surface area contributed by atoms with Crippen molar-refractivity contribution in [2.24, 2.45) is 0 Å². The molecule has 0 radical (unpaired) electrons. The van der Waals surface area contributed by atoms with Gasteiger partial charge in [0.1, 0.15) is 5.75 Å². The third-order valence-corrected chi connectivity index (χ3v) is 3.94. The second kappa shape index (κ2) is 9.59. The molecule has 0 aliphatic rings. The standard InChI is InChI=1S/C19H19ClN2O5/c1-12-4-3-5-16(13(12)2)26-11-18(24)27-10-17(23)21-22-19(25)14-6-8-15(20)9-7-14/h3-9H,10-11H2,1-2H3,(H,21,23)(H,22,25). The Hall–Kier alpha value is -3.06. The van der Waals surface area contributed by atoms with Crippen LogP contribution in [0.4, 0.5) is 0 Å². The first kappa shape index (κ1) is 20.3. The summed E-state index contributed by atoms with van der Waals surface area (Å²) in [4.78, 5) is 35.1. The van der Waals surface area contributed by atoms with Gasteiger partial charge in [0.15, 0.2) is 13.2 Å². The Kier molecular flexibility index (Phi) is 7.19. The monoisotopic (exact) mass is 390 g/mol. The molecule has 0 aliphatic heterocycles. The first-order chi connectivity index (χ1) is 12.9. The summed E-state index contributed by atoms with van der Waals surface area (Å²) in [6, 6.07) is 11.6. The molecule has 2 N–H and O–H groups in total. The summed E-state index contributed by atoms with van der Waals surface area (Å²) in [6.07, 6.45) is 0. The smallest absolute Gasteiger partial charge is 0.344 e. The van der Waals surface area contributed by atoms with Gasteiger partial charge >= 0.3 is 5.97 Å². The van der Waals surface area contributed by atoms with Gasteiger partial charge in [-0.1, -0.05) is 23.7 Å². The molecular weight excluding hydrogens is 372 g/mol. The molecule has 0 fully saturated rings. The summed E-state index contributed by atoms with van der Waals surface area (Å²) in [5.74, 6) is -1.33. The molecule has 2 aromatic rings. The first-order valence-corrected chi connectivity index (χ1v) is 8.44. The largest absolute Gasteiger partial charge is 0.482 e. The highest BCUT2D eigenvalue weighted by atomic mass is 35.5. The Labute approximate surface area is 161 Å². The number of aryl methyl sites for hydroxylation is 1. The predicted octanol–water partition coefficient (Wildman–Crippen LogP) is 2.34. The van der Waals surface area contributed by atoms with E-state index in [1.54, 1.807) is 18.2 Å². The number of halogens is 1. The van der Waals surface area contributed by atoms with Crippen molar-refractivity contribution in [3.8, 4) is 5.75 Å². The molecule has 27 heavy (non-hydrogen) atoms. The van der Waals surface area contributed by atoms with Crippen molar-refractivity contribution in [1.82, 2.24) is 10.9 Å². The summed E-state index contributed by atoms with van der Waals surface area (Å²) in [5, 5.41) is 0.491. The molecular formula is C19H19ClN2O5. The molecule has 0 saturated heterocycles. The highest BCUT2D eigenvalue weighted by molar-refractivity contribution is 6.30. The lowest BCUT2D eigenvalue weighted by Gasteiger charge is -2.11. The maximum absolute atomic E-state index is 11.8. The van der Waals surface area contributed by atoms with Gasteiger partial charge in [-0.05, 0) is 55.3 Å². The van der Waals surface area contributed by atoms with Crippen molar-refractivity contribution in [3.05, 3.63) is 64.2 Å². The van der Waals surface area contributed by atoms with Crippen LogP contribution in [0.2, 0.25) is 5.02 Å². The van der Waals surface area contributed by atoms with Gasteiger partial charge in [0.2, 0.25) is 0 Å². The number of ether oxygens (including phenoxy) is 2. The molecule has 2 rings (SSSR count). The fourth-order valence-corrected chi connectivity index (χ4v) is 2.17. The van der Waals surface area contributed by atoms with E-state index in [-0.39, 0.29) is 6.61 Å². The zero-order valence-corrected chi connectivity index (χ0v) is 15.6. The summed E-state index contributed by atoms with van der Waals surface area (Å²) in [6.45, 7) is 2.95. The van der Waals surface area contributed by atoms with Crippen LogP contribution in [0.1, 0.15) is 21.5 Å². The van der Waals surface area contributed by atoms with Gasteiger partial charge in [-0.15, -0.1) is 0 Å². The zero-order valence-electron chi connectivity index (χ0n) is 14.9. The van der Waals surface area contributed by atoms with E-state index in [1.165, 1.54) is 12.1 Å². The van der Waals surface area contributed by atoms with Crippen LogP contribution in [0, 0.1) is 13.8 Å². The van der Waals surface area contributed by atoms with Crippen LogP contribution >= 0.6 is 11.6 Å². The molecule has 8 heteroatoms. The van der Waals surface area contributed by atoms with Gasteiger partial charge in [-0.2, -0.15) is 0 Å². The quantitative estimate of drug-likeness (QED) is 0.583. The van der Waals surface area contributed by atoms with Gasteiger partial charge in [0.25, 0.3) is 11.8 Å². The average molecular weight is 391 g/mol. The van der Waals surface area contributed by atoms with Crippen LogP contribution in [0.25, 0.3) is 0 Å². The normalized spacial score (nSPS) is 10.0. The maximum atomic E-state index is 11.8. The Morgan fingerprint density at radius 1 is 0.963 bits per heavy atom. The Bertz CT molecular complexity index is 836. The molecule has 0 atom stereocenters. The summed E-state index contributed by atoms with van der Waals surface area (Å²) >= 11 is 5.74. The SMILES string of the molecule is Cc1cccc(OCC(=O)OCC(=O)NNC(=O)c2ccc(Cl)cc2)c1C. The van der Waals surface area contributed by atoms with Crippen LogP contribution in [0.3, 0.4) is 0 Å². The number of hydrogen-bond donors (Lipinski definition) is 2. The van der Waals surface area contributed by atoms with Gasteiger partial charge in [0, 0.05) is 10.6 Å². The topological polar surface area (TPSA) is 93.7 Å². The van der Waals surface area contributed by atoms with Gasteiger partial charge in [-0.25, -0.2) is 4.79 Å². The minimum atomic E-state index is -0.699. The number of amides is 2. The minimum absolute atomic E-state index is 0.318. The molecule has 142 valence electrons. The second-order valence-electron chi connectivity index (χ2n) is 5.66. The first-order valence-electron chi connectivity index (χ1n) is 8.06. The Morgan fingerprint density at radius 3 is 2.37 bits per heavy atom. The Balaban J connectivity index is 1.70. The average Bonchev–Trinajstić information content (AvgIpc) is 2.66. The number of carbonyl (C=O) groups is 3. The third kappa shape index (κ3) is 6.31. The lowest BCUT2D eigenvalue weighted by atomic mass is 10.1. The fourth-order valence-electron chi connectivity index (χ4n) is 2.04. The molecule has 0 bridgehead atoms. The number of hydrogen-bond acceptors (Lipinski definition) is 5. The molecule has 0 unspecified atom stereocenters. The number of carbonyl (C=O) groups excluding carboxylic acids is 3. The third-order valence-electron chi connectivity index (χ3n) is 3.69. The molecule has 2 aromatic carbocycles. The molecule has 0 aliphatic carbocycles. The van der Waals surface area contributed by atoms with E-state index < -0.39 is 24.4 Å². The molecule has 0 saturated carbocycles. The highest BCUT2D eigenvalue weighted by Gasteiger charge is 2.11. The number of hydrazine groups is 1. The van der Waals surface area contributed by atoms with Crippen molar-refractivity contribution < 1.29 is 23.9 Å². The highest BCUT2D eigenvalue weighted by Crippen LogP contribution is 2.20. The summed E-state index contributed by atoms with van der Waals surface area (Å²) in [5.41, 5.74) is 6.64. The van der Waals surface area contributed by atoms with Crippen molar-refractivity contribution in [3.63, 3.8) is 0 Å². The number of benzene rings is 2. The number of nitrogens with one attached hydrogen (secondary N) is 2. The molecule has 7 nitrogen and oxygen atoms in total. The lowest BCUT2D eigenvalue weighted by molar-refractivity contribution is -0.150. The maximum Gasteiger partial charge on any atom is 0.344 e. The molecule has 0 heterocycles. The van der Waals surface area contributed by atoms with Gasteiger partial charge in [0.05, 0.1) is 0 Å². The van der Waals surface area contributed by atoms with Crippen LogP contribution in [-0.2, 0) is 14.3 Å².